The zero-order valence-electron chi connectivity index (χ0n) is 12.7. The van der Waals surface area contributed by atoms with Crippen molar-refractivity contribution in [2.24, 2.45) is 0 Å². The lowest BCUT2D eigenvalue weighted by atomic mass is 10.2. The molecule has 0 fully saturated rings. The summed E-state index contributed by atoms with van der Waals surface area (Å²) < 4.78 is 46.1. The van der Waals surface area contributed by atoms with Crippen LogP contribution in [0, 0.1) is 0 Å². The van der Waals surface area contributed by atoms with Crippen LogP contribution >= 0.6 is 0 Å². The molecule has 0 radical (unpaired) electrons. The van der Waals surface area contributed by atoms with Crippen molar-refractivity contribution in [2.75, 3.05) is 6.61 Å². The second kappa shape index (κ2) is 8.35. The maximum atomic E-state index is 12.3. The summed E-state index contributed by atoms with van der Waals surface area (Å²) in [4.78, 5) is 11.7. The molecule has 0 unspecified atom stereocenters. The van der Waals surface area contributed by atoms with Crippen LogP contribution in [0.5, 0.6) is 5.75 Å². The second-order valence-electron chi connectivity index (χ2n) is 4.91. The third-order valence-electron chi connectivity index (χ3n) is 3.02. The average molecular weight is 339 g/mol. The molecule has 1 amide bonds. The number of hydrogen-bond acceptors (Lipinski definition) is 3. The molecule has 0 atom stereocenters. The Morgan fingerprint density at radius 1 is 1.00 bits per heavy atom. The van der Waals surface area contributed by atoms with Crippen molar-refractivity contribution in [1.29, 1.82) is 0 Å². The third kappa shape index (κ3) is 6.29. The van der Waals surface area contributed by atoms with Crippen LogP contribution in [0.25, 0.3) is 0 Å². The first-order valence-corrected chi connectivity index (χ1v) is 7.16. The number of carbonyl (C=O) groups excluding carboxylic acids is 1. The highest BCUT2D eigenvalue weighted by atomic mass is 19.4. The summed E-state index contributed by atoms with van der Waals surface area (Å²) in [5.41, 5.74) is 1.15. The summed E-state index contributed by atoms with van der Waals surface area (Å²) in [6, 6.07) is 15.0. The Morgan fingerprint density at radius 3 is 2.38 bits per heavy atom. The smallest absolute Gasteiger partial charge is 0.405 e. The van der Waals surface area contributed by atoms with Gasteiger partial charge in [-0.3, -0.25) is 4.79 Å². The molecular formula is C17H16F3NO3. The zero-order chi connectivity index (χ0) is 17.4. The number of alkyl halides is 3. The van der Waals surface area contributed by atoms with Crippen molar-refractivity contribution >= 4 is 5.91 Å². The molecule has 4 nitrogen and oxygen atoms in total. The van der Waals surface area contributed by atoms with Gasteiger partial charge in [0.15, 0.2) is 0 Å². The number of nitrogens with one attached hydrogen (secondary N) is 1. The van der Waals surface area contributed by atoms with Crippen LogP contribution in [0.2, 0.25) is 0 Å². The van der Waals surface area contributed by atoms with Gasteiger partial charge in [0, 0.05) is 12.1 Å². The Labute approximate surface area is 137 Å². The molecule has 0 bridgehead atoms. The summed E-state index contributed by atoms with van der Waals surface area (Å²) >= 11 is 0. The maximum Gasteiger partial charge on any atom is 0.573 e. The molecule has 1 N–H and O–H groups in total. The van der Waals surface area contributed by atoms with Crippen LogP contribution in [0.15, 0.2) is 54.6 Å². The Morgan fingerprint density at radius 2 is 1.67 bits per heavy atom. The number of benzene rings is 2. The van der Waals surface area contributed by atoms with Crippen LogP contribution in [0.4, 0.5) is 13.2 Å². The van der Waals surface area contributed by atoms with E-state index < -0.39 is 12.3 Å². The molecular weight excluding hydrogens is 323 g/mol. The summed E-state index contributed by atoms with van der Waals surface area (Å²) in [5, 5.41) is 2.50. The molecule has 0 saturated heterocycles. The number of rotatable bonds is 7. The fourth-order valence-corrected chi connectivity index (χ4v) is 1.95. The zero-order valence-corrected chi connectivity index (χ0v) is 12.7. The molecule has 7 heteroatoms. The summed E-state index contributed by atoms with van der Waals surface area (Å²) in [7, 11) is 0. The second-order valence-corrected chi connectivity index (χ2v) is 4.91. The van der Waals surface area contributed by atoms with Gasteiger partial charge < -0.3 is 14.8 Å². The minimum absolute atomic E-state index is 0.0835. The largest absolute Gasteiger partial charge is 0.573 e. The quantitative estimate of drug-likeness (QED) is 0.841. The summed E-state index contributed by atoms with van der Waals surface area (Å²) in [6.07, 6.45) is -4.78. The lowest BCUT2D eigenvalue weighted by molar-refractivity contribution is -0.274. The van der Waals surface area contributed by atoms with E-state index in [9.17, 15) is 18.0 Å². The maximum absolute atomic E-state index is 12.3. The van der Waals surface area contributed by atoms with Gasteiger partial charge in [0.1, 0.15) is 12.4 Å². The molecule has 2 aromatic rings. The van der Waals surface area contributed by atoms with Gasteiger partial charge in [0.05, 0.1) is 6.61 Å². The first-order valence-electron chi connectivity index (χ1n) is 7.16. The Hall–Kier alpha value is -2.54. The van der Waals surface area contributed by atoms with Crippen molar-refractivity contribution < 1.29 is 27.4 Å². The lowest BCUT2D eigenvalue weighted by Gasteiger charge is -2.13. The number of hydrogen-bond donors (Lipinski definition) is 1. The van der Waals surface area contributed by atoms with Gasteiger partial charge in [-0.2, -0.15) is 0 Å². The van der Waals surface area contributed by atoms with Crippen molar-refractivity contribution in [2.45, 2.75) is 19.5 Å². The first-order chi connectivity index (χ1) is 11.4. The van der Waals surface area contributed by atoms with E-state index in [-0.39, 0.29) is 31.1 Å². The Balaban J connectivity index is 1.79. The molecule has 2 rings (SSSR count). The van der Waals surface area contributed by atoms with Crippen LogP contribution < -0.4 is 10.1 Å². The van der Waals surface area contributed by atoms with E-state index in [1.165, 1.54) is 18.2 Å². The van der Waals surface area contributed by atoms with E-state index in [1.807, 2.05) is 30.3 Å². The van der Waals surface area contributed by atoms with Crippen molar-refractivity contribution in [3.8, 4) is 5.75 Å². The Kier molecular flexibility index (Phi) is 6.20. The topological polar surface area (TPSA) is 47.6 Å². The van der Waals surface area contributed by atoms with Crippen LogP contribution in [0.3, 0.4) is 0 Å². The predicted molar refractivity (Wildman–Crippen MR) is 81.1 cm³/mol. The molecule has 24 heavy (non-hydrogen) atoms. The van der Waals surface area contributed by atoms with Gasteiger partial charge in [0.2, 0.25) is 5.91 Å². The normalized spacial score (nSPS) is 11.1. The number of ether oxygens (including phenoxy) is 2. The summed E-state index contributed by atoms with van der Waals surface area (Å²) in [6.45, 7) is 0.0129. The molecule has 0 aliphatic carbocycles. The monoisotopic (exact) mass is 339 g/mol. The van der Waals surface area contributed by atoms with E-state index in [1.54, 1.807) is 6.07 Å². The highest BCUT2D eigenvalue weighted by Gasteiger charge is 2.31. The van der Waals surface area contributed by atoms with Crippen molar-refractivity contribution in [3.63, 3.8) is 0 Å². The van der Waals surface area contributed by atoms with Crippen LogP contribution in [0.1, 0.15) is 11.1 Å². The van der Waals surface area contributed by atoms with Gasteiger partial charge in [-0.15, -0.1) is 13.2 Å². The number of para-hydroxylation sites is 1. The lowest BCUT2D eigenvalue weighted by Crippen LogP contribution is -2.27. The third-order valence-corrected chi connectivity index (χ3v) is 3.02. The molecule has 0 aliphatic rings. The molecule has 2 aromatic carbocycles. The molecule has 0 aromatic heterocycles. The van der Waals surface area contributed by atoms with Gasteiger partial charge in [-0.05, 0) is 11.6 Å². The van der Waals surface area contributed by atoms with Gasteiger partial charge in [-0.1, -0.05) is 48.5 Å². The van der Waals surface area contributed by atoms with Crippen LogP contribution in [-0.2, 0) is 22.7 Å². The molecule has 128 valence electrons. The van der Waals surface area contributed by atoms with E-state index in [4.69, 9.17) is 4.74 Å². The molecule has 0 spiro atoms. The van der Waals surface area contributed by atoms with E-state index in [0.717, 1.165) is 5.56 Å². The molecule has 0 heterocycles. The fraction of sp³-hybridized carbons (Fsp3) is 0.235. The van der Waals surface area contributed by atoms with E-state index in [2.05, 4.69) is 10.1 Å². The number of amides is 1. The predicted octanol–water partition coefficient (Wildman–Crippen LogP) is 3.42. The highest BCUT2D eigenvalue weighted by molar-refractivity contribution is 5.77. The molecule has 0 aliphatic heterocycles. The van der Waals surface area contributed by atoms with Gasteiger partial charge in [-0.25, -0.2) is 0 Å². The average Bonchev–Trinajstić information content (AvgIpc) is 2.54. The number of carbonyl (C=O) groups is 1. The minimum atomic E-state index is -4.78. The SMILES string of the molecule is O=C(COCc1ccccc1)NCc1ccccc1OC(F)(F)F. The van der Waals surface area contributed by atoms with Crippen LogP contribution in [-0.4, -0.2) is 18.9 Å². The first kappa shape index (κ1) is 17.8. The van der Waals surface area contributed by atoms with Gasteiger partial charge in [0.25, 0.3) is 0 Å². The van der Waals surface area contributed by atoms with Gasteiger partial charge >= 0.3 is 6.36 Å². The summed E-state index contributed by atoms with van der Waals surface area (Å²) in [5.74, 6) is -0.761. The number of halogens is 3. The molecule has 0 saturated carbocycles. The Bertz CT molecular complexity index is 660. The fourth-order valence-electron chi connectivity index (χ4n) is 1.95. The van der Waals surface area contributed by atoms with Crippen molar-refractivity contribution in [1.82, 2.24) is 5.32 Å². The minimum Gasteiger partial charge on any atom is -0.405 e. The standard InChI is InChI=1S/C17H16F3NO3/c18-17(19,20)24-15-9-5-4-8-14(15)10-21-16(22)12-23-11-13-6-2-1-3-7-13/h1-9H,10-12H2,(H,21,22). The van der Waals surface area contributed by atoms with E-state index >= 15 is 0 Å². The van der Waals surface area contributed by atoms with E-state index in [0.29, 0.717) is 0 Å². The van der Waals surface area contributed by atoms with Crippen molar-refractivity contribution in [3.05, 3.63) is 65.7 Å². The highest BCUT2D eigenvalue weighted by Crippen LogP contribution is 2.25.